The lowest BCUT2D eigenvalue weighted by molar-refractivity contribution is 0.220. The minimum Gasteiger partial charge on any atom is -0.490 e. The Morgan fingerprint density at radius 2 is 0.920 bits per heavy atom. The van der Waals surface area contributed by atoms with Gasteiger partial charge in [-0.05, 0) is 27.1 Å². The monoisotopic (exact) mass is 353 g/mol. The molecular weight excluding hydrogens is 309 g/mol. The van der Waals surface area contributed by atoms with Gasteiger partial charge in [0.25, 0.3) is 0 Å². The second-order valence-electron chi connectivity index (χ2n) is 7.44. The molecule has 0 saturated carbocycles. The fraction of sp³-hybridized carbons (Fsp3) is 0.952. The number of carboxylic acid groups (broad SMARTS) is 1. The van der Waals surface area contributed by atoms with Gasteiger partial charge in [0.1, 0.15) is 0 Å². The summed E-state index contributed by atoms with van der Waals surface area (Å²) >= 11 is 0. The quantitative estimate of drug-likeness (QED) is 0.235. The van der Waals surface area contributed by atoms with Gasteiger partial charge in [-0.2, -0.15) is 0 Å². The van der Waals surface area contributed by atoms with Crippen molar-refractivity contribution in [2.24, 2.45) is 0 Å². The molecule has 0 aromatic carbocycles. The van der Waals surface area contributed by atoms with Crippen LogP contribution in [0.2, 0.25) is 0 Å². The van der Waals surface area contributed by atoms with Gasteiger partial charge in [-0.3, -0.25) is 4.79 Å². The van der Waals surface area contributed by atoms with E-state index < -0.39 is 5.87 Å². The number of carbonyl (C=O) groups is 1. The van der Waals surface area contributed by atoms with Crippen LogP contribution < -0.4 is 0 Å². The summed E-state index contributed by atoms with van der Waals surface area (Å²) in [4.78, 5) is 11.1. The largest absolute Gasteiger partial charge is 0.490 e. The third kappa shape index (κ3) is 35.5. The highest BCUT2D eigenvalue weighted by Crippen LogP contribution is 2.13. The third-order valence-electron chi connectivity index (χ3n) is 4.46. The molecule has 0 unspecified atom stereocenters. The van der Waals surface area contributed by atoms with Crippen molar-refractivity contribution < 1.29 is 9.90 Å². The first-order chi connectivity index (χ1) is 12.0. The van der Waals surface area contributed by atoms with Crippen LogP contribution in [-0.2, 0) is 0 Å². The summed E-state index contributed by atoms with van der Waals surface area (Å²) in [5.41, 5.74) is 0. The molecular formula is C21H44BNO2. The standard InChI is InChI=1S/C20H43N.CHBO2/c1-4-5-6-7-8-9-10-11-12-13-14-15-16-17-18-19-20-21(2)3;2-1(3)4/h4-20H2,1-3H3;(H,3,4). The Bertz CT molecular complexity index is 256. The van der Waals surface area contributed by atoms with Gasteiger partial charge in [0, 0.05) is 0 Å². The zero-order valence-electron chi connectivity index (χ0n) is 17.4. The van der Waals surface area contributed by atoms with Gasteiger partial charge in [0.15, 0.2) is 0 Å². The van der Waals surface area contributed by atoms with E-state index in [0.29, 0.717) is 0 Å². The number of unbranched alkanes of at least 4 members (excludes halogenated alkanes) is 15. The van der Waals surface area contributed by atoms with E-state index in [0.717, 1.165) is 0 Å². The van der Waals surface area contributed by atoms with Gasteiger partial charge in [-0.15, -0.1) is 0 Å². The lowest BCUT2D eigenvalue weighted by Gasteiger charge is -2.08. The molecule has 3 nitrogen and oxygen atoms in total. The highest BCUT2D eigenvalue weighted by Gasteiger charge is 1.95. The van der Waals surface area contributed by atoms with Crippen LogP contribution in [0.5, 0.6) is 0 Å². The number of hydrogen-bond acceptors (Lipinski definition) is 2. The predicted molar refractivity (Wildman–Crippen MR) is 112 cm³/mol. The van der Waals surface area contributed by atoms with Gasteiger partial charge in [0.05, 0.1) is 0 Å². The van der Waals surface area contributed by atoms with Crippen LogP contribution in [-0.4, -0.2) is 44.4 Å². The maximum absolute atomic E-state index is 8.78. The van der Waals surface area contributed by atoms with Gasteiger partial charge in [0.2, 0.25) is 13.7 Å². The molecule has 0 spiro atoms. The second-order valence-corrected chi connectivity index (χ2v) is 7.44. The van der Waals surface area contributed by atoms with Crippen LogP contribution >= 0.6 is 0 Å². The maximum Gasteiger partial charge on any atom is 0.233 e. The molecule has 0 bridgehead atoms. The molecule has 0 aromatic heterocycles. The molecule has 148 valence electrons. The minimum atomic E-state index is -1.33. The molecule has 0 aliphatic rings. The van der Waals surface area contributed by atoms with E-state index in [1.807, 2.05) is 0 Å². The Morgan fingerprint density at radius 3 is 1.16 bits per heavy atom. The van der Waals surface area contributed by atoms with Crippen molar-refractivity contribution in [3.05, 3.63) is 0 Å². The van der Waals surface area contributed by atoms with Crippen LogP contribution in [0.1, 0.15) is 110 Å². The SMILES string of the molecule is CCCCCCCCCCCCCCCCCCN(C)C.[B]C(=O)O. The maximum atomic E-state index is 8.78. The molecule has 0 atom stereocenters. The lowest BCUT2D eigenvalue weighted by Crippen LogP contribution is -2.12. The second kappa shape index (κ2) is 23.5. The van der Waals surface area contributed by atoms with Crippen LogP contribution in [0.3, 0.4) is 0 Å². The van der Waals surface area contributed by atoms with Crippen molar-refractivity contribution in [3.8, 4) is 0 Å². The molecule has 0 aromatic rings. The minimum absolute atomic E-state index is 1.26. The topological polar surface area (TPSA) is 40.5 Å². The van der Waals surface area contributed by atoms with Crippen molar-refractivity contribution in [3.63, 3.8) is 0 Å². The molecule has 4 heteroatoms. The van der Waals surface area contributed by atoms with E-state index in [2.05, 4.69) is 33.8 Å². The Kier molecular flexibility index (Phi) is 25.1. The summed E-state index contributed by atoms with van der Waals surface area (Å²) in [6.45, 7) is 3.56. The first-order valence-corrected chi connectivity index (χ1v) is 10.6. The Hall–Kier alpha value is -0.505. The molecule has 0 rings (SSSR count). The van der Waals surface area contributed by atoms with Gasteiger partial charge < -0.3 is 10.0 Å². The average molecular weight is 353 g/mol. The molecule has 25 heavy (non-hydrogen) atoms. The van der Waals surface area contributed by atoms with E-state index in [1.165, 1.54) is 109 Å². The van der Waals surface area contributed by atoms with E-state index >= 15 is 0 Å². The van der Waals surface area contributed by atoms with E-state index in [1.54, 1.807) is 0 Å². The average Bonchev–Trinajstić information content (AvgIpc) is 2.53. The molecule has 0 fully saturated rings. The third-order valence-corrected chi connectivity index (χ3v) is 4.46. The lowest BCUT2D eigenvalue weighted by atomic mass is 10.0. The predicted octanol–water partition coefficient (Wildman–Crippen LogP) is 6.64. The van der Waals surface area contributed by atoms with E-state index in [9.17, 15) is 0 Å². The smallest absolute Gasteiger partial charge is 0.233 e. The molecule has 2 radical (unpaired) electrons. The zero-order chi connectivity index (χ0) is 19.2. The van der Waals surface area contributed by atoms with Crippen LogP contribution in [0.15, 0.2) is 0 Å². The zero-order valence-corrected chi connectivity index (χ0v) is 17.4. The van der Waals surface area contributed by atoms with Crippen LogP contribution in [0.4, 0.5) is 4.79 Å². The first-order valence-electron chi connectivity index (χ1n) is 10.6. The van der Waals surface area contributed by atoms with Crippen LogP contribution in [0.25, 0.3) is 0 Å². The Morgan fingerprint density at radius 1 is 0.680 bits per heavy atom. The number of nitrogens with zero attached hydrogens (tertiary/aromatic N) is 1. The summed E-state index contributed by atoms with van der Waals surface area (Å²) in [7, 11) is 8.37. The number of hydrogen-bond donors (Lipinski definition) is 1. The normalized spacial score (nSPS) is 10.6. The summed E-state index contributed by atoms with van der Waals surface area (Å²) in [5, 5.41) is 7.19. The van der Waals surface area contributed by atoms with Gasteiger partial charge in [-0.1, -0.05) is 103 Å². The summed E-state index contributed by atoms with van der Waals surface area (Å²) in [5.74, 6) is -1.33. The van der Waals surface area contributed by atoms with Crippen molar-refractivity contribution >= 4 is 13.7 Å². The fourth-order valence-corrected chi connectivity index (χ4v) is 2.98. The fourth-order valence-electron chi connectivity index (χ4n) is 2.98. The molecule has 0 aliphatic carbocycles. The molecule has 0 aliphatic heterocycles. The summed E-state index contributed by atoms with van der Waals surface area (Å²) < 4.78 is 0. The van der Waals surface area contributed by atoms with E-state index in [4.69, 9.17) is 9.90 Å². The summed E-state index contributed by atoms with van der Waals surface area (Å²) in [6, 6.07) is 0. The highest BCUT2D eigenvalue weighted by molar-refractivity contribution is 6.54. The highest BCUT2D eigenvalue weighted by atomic mass is 16.4. The van der Waals surface area contributed by atoms with Gasteiger partial charge in [-0.25, -0.2) is 0 Å². The van der Waals surface area contributed by atoms with Crippen molar-refractivity contribution in [2.45, 2.75) is 110 Å². The Balaban J connectivity index is 0. The van der Waals surface area contributed by atoms with Crippen molar-refractivity contribution in [2.75, 3.05) is 20.6 Å². The Labute approximate surface area is 159 Å². The molecule has 0 saturated heterocycles. The van der Waals surface area contributed by atoms with Crippen molar-refractivity contribution in [1.82, 2.24) is 4.90 Å². The molecule has 0 heterocycles. The van der Waals surface area contributed by atoms with E-state index in [-0.39, 0.29) is 0 Å². The first kappa shape index (κ1) is 26.7. The molecule has 0 amide bonds. The molecule has 1 N–H and O–H groups in total. The number of rotatable bonds is 17. The van der Waals surface area contributed by atoms with Gasteiger partial charge >= 0.3 is 0 Å². The van der Waals surface area contributed by atoms with Crippen molar-refractivity contribution in [1.29, 1.82) is 0 Å². The summed E-state index contributed by atoms with van der Waals surface area (Å²) in [6.07, 6.45) is 23.3. The van der Waals surface area contributed by atoms with Crippen LogP contribution in [0, 0.1) is 0 Å².